The van der Waals surface area contributed by atoms with Gasteiger partial charge in [-0.25, -0.2) is 0 Å². The number of hydrogen-bond donors (Lipinski definition) is 3. The second kappa shape index (κ2) is 20.1. The molecule has 6 nitrogen and oxygen atoms in total. The molecule has 1 saturated heterocycles. The molecule has 0 aromatic carbocycles. The molecule has 5 N–H and O–H groups in total. The molecule has 4 saturated carbocycles. The quantitative estimate of drug-likeness (QED) is 0.157. The molecule has 5 aliphatic carbocycles. The number of hydrogen-bond acceptors (Lipinski definition) is 5. The van der Waals surface area contributed by atoms with Crippen LogP contribution in [0.2, 0.25) is 0 Å². The summed E-state index contributed by atoms with van der Waals surface area (Å²) < 4.78 is 6.04. The average Bonchev–Trinajstić information content (AvgIpc) is 3.32. The standard InChI is InChI=1S/C46H76N2O4/c1-3-4-11-32-24-34(25-33-22-23-48-44(47)28-33)26-36-18-21-39(35-14-9-6-10-15-35)45-37(17-19-38(49)30-42(50)41(36)27-32)29-43(52-2)46(51)40(45)20-16-31-12-7-5-8-13-31/h31-37,39-41,43-46,48,51H,3-17,19-20,22-30,47H2,1-2H3/p+1/t32-,33?,34-,36+,37?,39-,40?,41-,43?,44?,45?,46?/m1/s1. The van der Waals surface area contributed by atoms with E-state index in [2.05, 4.69) is 24.1 Å². The van der Waals surface area contributed by atoms with Gasteiger partial charge >= 0.3 is 0 Å². The van der Waals surface area contributed by atoms with Crippen molar-refractivity contribution in [2.75, 3.05) is 13.7 Å². The minimum Gasteiger partial charge on any atom is -0.390 e. The molecule has 0 bridgehead atoms. The smallest absolute Gasteiger partial charge is 0.144 e. The lowest BCUT2D eigenvalue weighted by molar-refractivity contribution is -0.699. The van der Waals surface area contributed by atoms with Crippen molar-refractivity contribution in [2.24, 2.45) is 70.8 Å². The molecule has 0 aromatic rings. The fraction of sp³-hybridized carbons (Fsp3) is 0.913. The van der Waals surface area contributed by atoms with E-state index in [1.165, 1.54) is 109 Å². The number of aliphatic hydroxyl groups is 1. The number of carbonyl (C=O) groups is 2. The summed E-state index contributed by atoms with van der Waals surface area (Å²) in [5, 5.41) is 14.4. The highest BCUT2D eigenvalue weighted by Crippen LogP contribution is 2.50. The van der Waals surface area contributed by atoms with Gasteiger partial charge in [0.15, 0.2) is 0 Å². The van der Waals surface area contributed by atoms with Crippen LogP contribution in [-0.4, -0.2) is 48.7 Å². The predicted molar refractivity (Wildman–Crippen MR) is 209 cm³/mol. The van der Waals surface area contributed by atoms with Crippen molar-refractivity contribution in [3.05, 3.63) is 0 Å². The molecule has 6 rings (SSSR count). The fourth-order valence-corrected chi connectivity index (χ4v) is 12.8. The Kier molecular flexibility index (Phi) is 15.6. The van der Waals surface area contributed by atoms with Gasteiger partial charge < -0.3 is 15.2 Å². The van der Waals surface area contributed by atoms with Crippen LogP contribution >= 0.6 is 0 Å². The summed E-state index contributed by atoms with van der Waals surface area (Å²) in [5.41, 5.74) is 6.45. The van der Waals surface area contributed by atoms with Gasteiger partial charge in [-0.1, -0.05) is 95.8 Å². The molecular formula is C46H77N2O4+. The zero-order valence-corrected chi connectivity index (χ0v) is 33.3. The largest absolute Gasteiger partial charge is 0.390 e. The van der Waals surface area contributed by atoms with Gasteiger partial charge in [0.05, 0.1) is 25.2 Å². The first kappa shape index (κ1) is 40.4. The number of methoxy groups -OCH3 is 1. The second-order valence-corrected chi connectivity index (χ2v) is 19.1. The molecule has 52 heavy (non-hydrogen) atoms. The maximum absolute atomic E-state index is 14.3. The van der Waals surface area contributed by atoms with Gasteiger partial charge in [0, 0.05) is 37.7 Å². The number of ether oxygens (including phenoxy) is 1. The normalized spacial score (nSPS) is 40.3. The summed E-state index contributed by atoms with van der Waals surface area (Å²) in [6.07, 6.45) is 27.0. The Hall–Kier alpha value is -1.26. The molecule has 6 aliphatic rings. The van der Waals surface area contributed by atoms with E-state index in [1.807, 2.05) is 0 Å². The molecule has 0 spiro atoms. The Morgan fingerprint density at radius 3 is 2.29 bits per heavy atom. The van der Waals surface area contributed by atoms with Gasteiger partial charge in [-0.05, 0) is 112 Å². The van der Waals surface area contributed by atoms with Crippen LogP contribution in [0.5, 0.6) is 0 Å². The predicted octanol–water partition coefficient (Wildman–Crippen LogP) is 7.98. The minimum absolute atomic E-state index is 0.0191. The maximum atomic E-state index is 14.3. The topological polar surface area (TPSA) is 106 Å². The number of fused-ring (bicyclic) bond motifs is 2. The maximum Gasteiger partial charge on any atom is 0.144 e. The van der Waals surface area contributed by atoms with Crippen LogP contribution in [0, 0.1) is 76.9 Å². The van der Waals surface area contributed by atoms with E-state index < -0.39 is 6.10 Å². The van der Waals surface area contributed by atoms with E-state index >= 15 is 0 Å². The van der Waals surface area contributed by atoms with Gasteiger partial charge in [0.25, 0.3) is 0 Å². The lowest BCUT2D eigenvalue weighted by atomic mass is 9.57. The molecule has 0 radical (unpaired) electrons. The van der Waals surface area contributed by atoms with Crippen LogP contribution < -0.4 is 11.1 Å². The number of quaternary nitrogens is 1. The lowest BCUT2D eigenvalue weighted by Gasteiger charge is -2.49. The fourth-order valence-electron chi connectivity index (χ4n) is 12.8. The molecule has 5 fully saturated rings. The molecule has 1 heterocycles. The van der Waals surface area contributed by atoms with Crippen LogP contribution in [-0.2, 0) is 14.3 Å². The van der Waals surface area contributed by atoms with Crippen molar-refractivity contribution in [1.82, 2.24) is 0 Å². The van der Waals surface area contributed by atoms with E-state index in [0.29, 0.717) is 30.1 Å². The highest BCUT2D eigenvalue weighted by atomic mass is 16.5. The van der Waals surface area contributed by atoms with Crippen LogP contribution in [0.1, 0.15) is 167 Å². The number of unbranched alkanes of at least 4 members (excludes halogenated alkanes) is 1. The third-order valence-electron chi connectivity index (χ3n) is 15.5. The summed E-state index contributed by atoms with van der Waals surface area (Å²) in [7, 11) is 1.76. The first-order chi connectivity index (χ1) is 25.3. The van der Waals surface area contributed by atoms with Gasteiger partial charge in [-0.3, -0.25) is 15.3 Å². The van der Waals surface area contributed by atoms with Gasteiger partial charge in [-0.15, -0.1) is 0 Å². The molecule has 6 heteroatoms. The first-order valence-corrected chi connectivity index (χ1v) is 22.7. The number of Topliss-reactive ketones (excluding diaryl/α,β-unsaturated/α-hetero) is 2. The van der Waals surface area contributed by atoms with E-state index in [-0.39, 0.29) is 65.8 Å². The number of aliphatic hydroxyl groups excluding tert-OH is 1. The van der Waals surface area contributed by atoms with Crippen LogP contribution in [0.3, 0.4) is 0 Å². The molecule has 7 unspecified atom stereocenters. The van der Waals surface area contributed by atoms with Gasteiger partial charge in [0.2, 0.25) is 0 Å². The van der Waals surface area contributed by atoms with E-state index in [0.717, 1.165) is 51.0 Å². The van der Waals surface area contributed by atoms with Crippen molar-refractivity contribution < 1.29 is 24.7 Å². The number of ketones is 2. The third-order valence-corrected chi connectivity index (χ3v) is 15.5. The summed E-state index contributed by atoms with van der Waals surface area (Å²) in [6, 6.07) is 0. The monoisotopic (exact) mass is 722 g/mol. The number of piperidine rings is 1. The van der Waals surface area contributed by atoms with E-state index in [4.69, 9.17) is 10.5 Å². The van der Waals surface area contributed by atoms with E-state index in [1.54, 1.807) is 7.11 Å². The third kappa shape index (κ3) is 10.7. The Labute approximate surface area is 317 Å². The molecule has 12 atom stereocenters. The Bertz CT molecular complexity index is 1180. The summed E-state index contributed by atoms with van der Waals surface area (Å²) in [4.78, 5) is 28.1. The molecular weight excluding hydrogens is 645 g/mol. The van der Waals surface area contributed by atoms with Crippen molar-refractivity contribution in [1.29, 1.82) is 0 Å². The van der Waals surface area contributed by atoms with Crippen molar-refractivity contribution in [3.8, 4) is 11.8 Å². The second-order valence-electron chi connectivity index (χ2n) is 19.1. The van der Waals surface area contributed by atoms with Crippen molar-refractivity contribution in [3.63, 3.8) is 0 Å². The summed E-state index contributed by atoms with van der Waals surface area (Å²) >= 11 is 0. The first-order valence-electron chi connectivity index (χ1n) is 22.7. The zero-order chi connectivity index (χ0) is 36.5. The number of carbonyl (C=O) groups excluding carboxylic acids is 2. The van der Waals surface area contributed by atoms with Gasteiger partial charge in [0.1, 0.15) is 17.7 Å². The molecule has 294 valence electrons. The SMILES string of the molecule is CCCC[C@@H]1C[C@H](CC2CC[NH2+]C(N)C2)C[C@@H]2C#C[C@H](C3CCCCC3)C3C(CCC(=O)CC(=O)[C@@H]2C1)CC(OC)C(O)C3CCC1CCCCC1. The van der Waals surface area contributed by atoms with E-state index in [9.17, 15) is 14.7 Å². The van der Waals surface area contributed by atoms with Gasteiger partial charge in [-0.2, -0.15) is 0 Å². The Morgan fingerprint density at radius 2 is 1.56 bits per heavy atom. The van der Waals surface area contributed by atoms with Crippen molar-refractivity contribution >= 4 is 11.6 Å². The summed E-state index contributed by atoms with van der Waals surface area (Å²) in [6.45, 7) is 3.40. The van der Waals surface area contributed by atoms with Crippen LogP contribution in [0.25, 0.3) is 0 Å². The minimum atomic E-state index is -0.485. The Morgan fingerprint density at radius 1 is 0.788 bits per heavy atom. The molecule has 0 amide bonds. The number of rotatable bonds is 10. The molecule has 0 aromatic heterocycles. The Balaban J connectivity index is 1.37. The summed E-state index contributed by atoms with van der Waals surface area (Å²) in [5.74, 6) is 12.3. The average molecular weight is 722 g/mol. The lowest BCUT2D eigenvalue weighted by Crippen LogP contribution is -2.94. The zero-order valence-electron chi connectivity index (χ0n) is 33.3. The highest BCUT2D eigenvalue weighted by Gasteiger charge is 2.49. The van der Waals surface area contributed by atoms with Crippen molar-refractivity contribution in [2.45, 2.75) is 186 Å². The number of nitrogens with two attached hydrogens (primary N) is 2. The highest BCUT2D eigenvalue weighted by molar-refractivity contribution is 6.00. The van der Waals surface area contributed by atoms with Crippen LogP contribution in [0.4, 0.5) is 0 Å². The van der Waals surface area contributed by atoms with Crippen LogP contribution in [0.15, 0.2) is 0 Å². The molecule has 1 aliphatic heterocycles.